The van der Waals surface area contributed by atoms with Crippen LogP contribution in [0.5, 0.6) is 0 Å². The van der Waals surface area contributed by atoms with Crippen LogP contribution in [-0.2, 0) is 24.4 Å². The molecule has 0 fully saturated rings. The first kappa shape index (κ1) is 16.0. The normalized spacial score (nSPS) is 13.8. The van der Waals surface area contributed by atoms with Crippen LogP contribution in [0.15, 0.2) is 18.2 Å². The molecule has 0 unspecified atom stereocenters. The van der Waals surface area contributed by atoms with E-state index in [1.807, 2.05) is 28.6 Å². The summed E-state index contributed by atoms with van der Waals surface area (Å²) in [6, 6.07) is 7.73. The van der Waals surface area contributed by atoms with E-state index in [0.29, 0.717) is 24.5 Å². The third-order valence-electron chi connectivity index (χ3n) is 4.10. The highest BCUT2D eigenvalue weighted by Crippen LogP contribution is 2.16. The number of hydrogen-bond acceptors (Lipinski definition) is 5. The average Bonchev–Trinajstić information content (AvgIpc) is 2.83. The molecule has 0 atom stereocenters. The van der Waals surface area contributed by atoms with Gasteiger partial charge in [-0.2, -0.15) is 10.4 Å². The van der Waals surface area contributed by atoms with Crippen molar-refractivity contribution in [2.45, 2.75) is 39.9 Å². The molecule has 2 aromatic rings. The van der Waals surface area contributed by atoms with E-state index in [-0.39, 0.29) is 5.91 Å². The van der Waals surface area contributed by atoms with Gasteiger partial charge in [0.05, 0.1) is 30.0 Å². The number of aromatic nitrogens is 3. The molecule has 1 aliphatic heterocycles. The van der Waals surface area contributed by atoms with E-state index in [1.165, 1.54) is 0 Å². The molecule has 24 heavy (non-hydrogen) atoms. The van der Waals surface area contributed by atoms with Crippen molar-refractivity contribution >= 4 is 11.7 Å². The number of anilines is 1. The zero-order valence-corrected chi connectivity index (χ0v) is 13.9. The van der Waals surface area contributed by atoms with Gasteiger partial charge in [0.1, 0.15) is 11.9 Å². The minimum absolute atomic E-state index is 0.0898. The molecule has 0 saturated heterocycles. The Hall–Kier alpha value is -2.88. The Labute approximate surface area is 140 Å². The van der Waals surface area contributed by atoms with E-state index in [0.717, 1.165) is 36.6 Å². The Kier molecular flexibility index (Phi) is 4.47. The molecular formula is C17H20N6O. The molecule has 0 aliphatic carbocycles. The lowest BCUT2D eigenvalue weighted by Gasteiger charge is -2.17. The molecule has 0 spiro atoms. The number of amides is 1. The standard InChI is InChI=1S/C17H20N6O/c1-12-4-5-14(9-18)17(20-12)19-10-15-8-16-11-22(13(2)24)6-3-7-23(16)21-15/h4-5,8H,3,6-7,10-11H2,1-2H3,(H,19,20). The number of pyridine rings is 1. The lowest BCUT2D eigenvalue weighted by molar-refractivity contribution is -0.129. The molecule has 2 aromatic heterocycles. The highest BCUT2D eigenvalue weighted by atomic mass is 16.2. The lowest BCUT2D eigenvalue weighted by atomic mass is 10.2. The maximum Gasteiger partial charge on any atom is 0.219 e. The number of aryl methyl sites for hydroxylation is 2. The van der Waals surface area contributed by atoms with Crippen molar-refractivity contribution in [3.8, 4) is 6.07 Å². The van der Waals surface area contributed by atoms with Crippen molar-refractivity contribution in [1.82, 2.24) is 19.7 Å². The van der Waals surface area contributed by atoms with Gasteiger partial charge in [-0.15, -0.1) is 0 Å². The van der Waals surface area contributed by atoms with Crippen molar-refractivity contribution in [1.29, 1.82) is 5.26 Å². The summed E-state index contributed by atoms with van der Waals surface area (Å²) in [4.78, 5) is 17.8. The van der Waals surface area contributed by atoms with Gasteiger partial charge in [-0.3, -0.25) is 9.48 Å². The largest absolute Gasteiger partial charge is 0.363 e. The number of carbonyl (C=O) groups is 1. The minimum atomic E-state index is 0.0898. The Morgan fingerprint density at radius 2 is 2.25 bits per heavy atom. The number of nitrogens with one attached hydrogen (secondary N) is 1. The smallest absolute Gasteiger partial charge is 0.219 e. The van der Waals surface area contributed by atoms with Gasteiger partial charge < -0.3 is 10.2 Å². The van der Waals surface area contributed by atoms with Gasteiger partial charge >= 0.3 is 0 Å². The molecule has 1 amide bonds. The summed E-state index contributed by atoms with van der Waals surface area (Å²) >= 11 is 0. The van der Waals surface area contributed by atoms with E-state index in [4.69, 9.17) is 5.26 Å². The predicted molar refractivity (Wildman–Crippen MR) is 89.0 cm³/mol. The molecule has 3 heterocycles. The van der Waals surface area contributed by atoms with Crippen LogP contribution in [0.2, 0.25) is 0 Å². The topological polar surface area (TPSA) is 86.8 Å². The van der Waals surface area contributed by atoms with Gasteiger partial charge in [-0.25, -0.2) is 4.98 Å². The zero-order chi connectivity index (χ0) is 17.1. The third kappa shape index (κ3) is 3.38. The summed E-state index contributed by atoms with van der Waals surface area (Å²) in [7, 11) is 0. The summed E-state index contributed by atoms with van der Waals surface area (Å²) in [5.41, 5.74) is 3.29. The Balaban J connectivity index is 1.74. The van der Waals surface area contributed by atoms with Crippen LogP contribution in [0.3, 0.4) is 0 Å². The van der Waals surface area contributed by atoms with Gasteiger partial charge in [0.25, 0.3) is 0 Å². The summed E-state index contributed by atoms with van der Waals surface area (Å²) in [5, 5.41) is 17.0. The number of rotatable bonds is 3. The number of carbonyl (C=O) groups excluding carboxylic acids is 1. The fraction of sp³-hybridized carbons (Fsp3) is 0.412. The van der Waals surface area contributed by atoms with Crippen molar-refractivity contribution in [2.75, 3.05) is 11.9 Å². The number of nitrogens with zero attached hydrogens (tertiary/aromatic N) is 5. The molecule has 0 saturated carbocycles. The van der Waals surface area contributed by atoms with E-state index >= 15 is 0 Å². The molecule has 1 aliphatic rings. The minimum Gasteiger partial charge on any atom is -0.363 e. The van der Waals surface area contributed by atoms with E-state index < -0.39 is 0 Å². The monoisotopic (exact) mass is 324 g/mol. The molecule has 0 aromatic carbocycles. The Bertz CT molecular complexity index is 804. The first-order valence-electron chi connectivity index (χ1n) is 7.99. The summed E-state index contributed by atoms with van der Waals surface area (Å²) < 4.78 is 1.97. The molecular weight excluding hydrogens is 304 g/mol. The fourth-order valence-electron chi connectivity index (χ4n) is 2.83. The van der Waals surface area contributed by atoms with Crippen molar-refractivity contribution in [3.63, 3.8) is 0 Å². The van der Waals surface area contributed by atoms with Gasteiger partial charge in [0, 0.05) is 25.7 Å². The van der Waals surface area contributed by atoms with Crippen LogP contribution in [-0.4, -0.2) is 32.1 Å². The molecule has 0 radical (unpaired) electrons. The second kappa shape index (κ2) is 6.71. The second-order valence-electron chi connectivity index (χ2n) is 5.96. The SMILES string of the molecule is CC(=O)N1CCCn2nc(CNc3nc(C)ccc3C#N)cc2C1. The average molecular weight is 324 g/mol. The zero-order valence-electron chi connectivity index (χ0n) is 13.9. The van der Waals surface area contributed by atoms with Crippen LogP contribution in [0.1, 0.15) is 36.0 Å². The van der Waals surface area contributed by atoms with Crippen LogP contribution in [0.4, 0.5) is 5.82 Å². The Morgan fingerprint density at radius 1 is 1.42 bits per heavy atom. The highest BCUT2D eigenvalue weighted by Gasteiger charge is 2.18. The van der Waals surface area contributed by atoms with Crippen LogP contribution in [0.25, 0.3) is 0 Å². The highest BCUT2D eigenvalue weighted by molar-refractivity contribution is 5.73. The number of nitriles is 1. The van der Waals surface area contributed by atoms with E-state index in [1.54, 1.807) is 13.0 Å². The molecule has 1 N–H and O–H groups in total. The molecule has 7 nitrogen and oxygen atoms in total. The molecule has 124 valence electrons. The summed E-state index contributed by atoms with van der Waals surface area (Å²) in [6.07, 6.45) is 0.902. The summed E-state index contributed by atoms with van der Waals surface area (Å²) in [5.74, 6) is 0.665. The van der Waals surface area contributed by atoms with Crippen molar-refractivity contribution in [3.05, 3.63) is 40.8 Å². The maximum absolute atomic E-state index is 11.6. The van der Waals surface area contributed by atoms with E-state index in [9.17, 15) is 4.79 Å². The number of fused-ring (bicyclic) bond motifs is 1. The first-order chi connectivity index (χ1) is 11.6. The van der Waals surface area contributed by atoms with Gasteiger partial charge in [-0.1, -0.05) is 0 Å². The van der Waals surface area contributed by atoms with Crippen LogP contribution >= 0.6 is 0 Å². The fourth-order valence-corrected chi connectivity index (χ4v) is 2.83. The number of hydrogen-bond donors (Lipinski definition) is 1. The molecule has 3 rings (SSSR count). The van der Waals surface area contributed by atoms with Gasteiger partial charge in [0.15, 0.2) is 0 Å². The Morgan fingerprint density at radius 3 is 3.00 bits per heavy atom. The summed E-state index contributed by atoms with van der Waals surface area (Å²) in [6.45, 7) is 6.15. The second-order valence-corrected chi connectivity index (χ2v) is 5.96. The third-order valence-corrected chi connectivity index (χ3v) is 4.10. The van der Waals surface area contributed by atoms with Crippen molar-refractivity contribution in [2.24, 2.45) is 0 Å². The lowest BCUT2D eigenvalue weighted by Crippen LogP contribution is -2.28. The van der Waals surface area contributed by atoms with Crippen molar-refractivity contribution < 1.29 is 4.79 Å². The van der Waals surface area contributed by atoms with E-state index in [2.05, 4.69) is 21.5 Å². The van der Waals surface area contributed by atoms with Gasteiger partial charge in [-0.05, 0) is 31.5 Å². The van der Waals surface area contributed by atoms with Crippen LogP contribution in [0, 0.1) is 18.3 Å². The maximum atomic E-state index is 11.6. The quantitative estimate of drug-likeness (QED) is 0.930. The molecule has 7 heteroatoms. The first-order valence-corrected chi connectivity index (χ1v) is 7.99. The molecule has 0 bridgehead atoms. The predicted octanol–water partition coefficient (Wildman–Crippen LogP) is 1.82. The van der Waals surface area contributed by atoms with Gasteiger partial charge in [0.2, 0.25) is 5.91 Å². The van der Waals surface area contributed by atoms with Crippen LogP contribution < -0.4 is 5.32 Å².